The van der Waals surface area contributed by atoms with Crippen LogP contribution in [0.25, 0.3) is 0 Å². The number of benzene rings is 1. The van der Waals surface area contributed by atoms with E-state index in [0.29, 0.717) is 0 Å². The monoisotopic (exact) mass is 250 g/mol. The molecule has 1 aliphatic carbocycles. The zero-order valence-corrected chi connectivity index (χ0v) is 11.7. The van der Waals surface area contributed by atoms with Crippen molar-refractivity contribution < 1.29 is 0 Å². The first-order valence-corrected chi connectivity index (χ1v) is 7.28. The van der Waals surface area contributed by atoms with Crippen molar-refractivity contribution >= 4 is 11.6 Å². The van der Waals surface area contributed by atoms with Crippen LogP contribution in [-0.4, -0.2) is 0 Å². The van der Waals surface area contributed by atoms with Gasteiger partial charge in [-0.05, 0) is 42.2 Å². The van der Waals surface area contributed by atoms with Crippen LogP contribution in [-0.2, 0) is 6.42 Å². The minimum Gasteiger partial charge on any atom is -0.0840 e. The van der Waals surface area contributed by atoms with Crippen LogP contribution in [0.4, 0.5) is 0 Å². The highest BCUT2D eigenvalue weighted by Gasteiger charge is 2.24. The lowest BCUT2D eigenvalue weighted by Crippen LogP contribution is -2.21. The summed E-state index contributed by atoms with van der Waals surface area (Å²) in [5, 5.41) is 0.944. The van der Waals surface area contributed by atoms with Gasteiger partial charge in [0.1, 0.15) is 0 Å². The zero-order chi connectivity index (χ0) is 12.3. The molecule has 0 bridgehead atoms. The third-order valence-electron chi connectivity index (χ3n) is 4.23. The van der Waals surface area contributed by atoms with Gasteiger partial charge < -0.3 is 0 Å². The Morgan fingerprint density at radius 3 is 2.71 bits per heavy atom. The molecular formula is C16H23Cl. The molecule has 17 heavy (non-hydrogen) atoms. The first-order valence-electron chi connectivity index (χ1n) is 6.90. The van der Waals surface area contributed by atoms with Crippen LogP contribution >= 0.6 is 11.6 Å². The molecule has 0 aromatic heterocycles. The Morgan fingerprint density at radius 1 is 1.24 bits per heavy atom. The van der Waals surface area contributed by atoms with Crippen LogP contribution in [0.2, 0.25) is 5.02 Å². The third-order valence-corrected chi connectivity index (χ3v) is 4.60. The normalized spacial score (nSPS) is 25.2. The van der Waals surface area contributed by atoms with Crippen LogP contribution < -0.4 is 0 Å². The SMILES string of the molecule is CC(C)[C@@H]1CCC[C@H](Cc2ccccc2Cl)C1. The molecular weight excluding hydrogens is 228 g/mol. The molecule has 0 nitrogen and oxygen atoms in total. The van der Waals surface area contributed by atoms with Gasteiger partial charge in [-0.1, -0.05) is 62.9 Å². The van der Waals surface area contributed by atoms with E-state index in [1.807, 2.05) is 12.1 Å². The van der Waals surface area contributed by atoms with Gasteiger partial charge in [-0.3, -0.25) is 0 Å². The summed E-state index contributed by atoms with van der Waals surface area (Å²) < 4.78 is 0. The van der Waals surface area contributed by atoms with Crippen LogP contribution in [0, 0.1) is 17.8 Å². The van der Waals surface area contributed by atoms with Crippen molar-refractivity contribution in [3.63, 3.8) is 0 Å². The second-order valence-corrected chi connectivity index (χ2v) is 6.24. The van der Waals surface area contributed by atoms with Gasteiger partial charge >= 0.3 is 0 Å². The van der Waals surface area contributed by atoms with E-state index in [0.717, 1.165) is 22.8 Å². The predicted molar refractivity (Wildman–Crippen MR) is 75.4 cm³/mol. The highest BCUT2D eigenvalue weighted by Crippen LogP contribution is 2.36. The Balaban J connectivity index is 1.97. The molecule has 1 saturated carbocycles. The lowest BCUT2D eigenvalue weighted by atomic mass is 9.74. The Morgan fingerprint density at radius 2 is 2.00 bits per heavy atom. The minimum atomic E-state index is 0.837. The smallest absolute Gasteiger partial charge is 0.0438 e. The molecule has 1 heteroatoms. The number of hydrogen-bond donors (Lipinski definition) is 0. The molecule has 0 spiro atoms. The molecule has 0 heterocycles. The molecule has 0 aliphatic heterocycles. The van der Waals surface area contributed by atoms with E-state index in [-0.39, 0.29) is 0 Å². The highest BCUT2D eigenvalue weighted by atomic mass is 35.5. The Labute approximate surface area is 110 Å². The van der Waals surface area contributed by atoms with Crippen LogP contribution in [0.5, 0.6) is 0 Å². The van der Waals surface area contributed by atoms with Gasteiger partial charge in [0.25, 0.3) is 0 Å². The standard InChI is InChI=1S/C16H23Cl/c1-12(2)14-8-5-6-13(10-14)11-15-7-3-4-9-16(15)17/h3-4,7,9,12-14H,5-6,8,10-11H2,1-2H3/t13-,14+/m0/s1. The van der Waals surface area contributed by atoms with E-state index >= 15 is 0 Å². The molecule has 0 radical (unpaired) electrons. The Hall–Kier alpha value is -0.490. The summed E-state index contributed by atoms with van der Waals surface area (Å²) in [5.74, 6) is 2.61. The summed E-state index contributed by atoms with van der Waals surface area (Å²) in [4.78, 5) is 0. The van der Waals surface area contributed by atoms with E-state index in [1.165, 1.54) is 37.7 Å². The fourth-order valence-corrected chi connectivity index (χ4v) is 3.31. The maximum Gasteiger partial charge on any atom is 0.0438 e. The molecule has 0 N–H and O–H groups in total. The molecule has 0 unspecified atom stereocenters. The van der Waals surface area contributed by atoms with Gasteiger partial charge in [0.15, 0.2) is 0 Å². The van der Waals surface area contributed by atoms with E-state index < -0.39 is 0 Å². The Bertz CT molecular complexity index is 356. The number of hydrogen-bond acceptors (Lipinski definition) is 0. The maximum atomic E-state index is 6.24. The molecule has 1 aromatic rings. The van der Waals surface area contributed by atoms with Gasteiger partial charge in [-0.25, -0.2) is 0 Å². The average molecular weight is 251 g/mol. The predicted octanol–water partition coefficient (Wildman–Crippen LogP) is 5.34. The van der Waals surface area contributed by atoms with Crippen molar-refractivity contribution in [1.82, 2.24) is 0 Å². The summed E-state index contributed by atoms with van der Waals surface area (Å²) >= 11 is 6.24. The second kappa shape index (κ2) is 5.91. The molecule has 0 saturated heterocycles. The first-order chi connectivity index (χ1) is 8.16. The quantitative estimate of drug-likeness (QED) is 0.679. The average Bonchev–Trinajstić information content (AvgIpc) is 2.32. The maximum absolute atomic E-state index is 6.24. The summed E-state index contributed by atoms with van der Waals surface area (Å²) in [7, 11) is 0. The van der Waals surface area contributed by atoms with Gasteiger partial charge in [0, 0.05) is 5.02 Å². The van der Waals surface area contributed by atoms with Crippen molar-refractivity contribution in [2.75, 3.05) is 0 Å². The molecule has 1 aliphatic rings. The molecule has 1 aromatic carbocycles. The molecule has 2 rings (SSSR count). The van der Waals surface area contributed by atoms with E-state index in [9.17, 15) is 0 Å². The van der Waals surface area contributed by atoms with Gasteiger partial charge in [-0.2, -0.15) is 0 Å². The number of halogens is 1. The summed E-state index contributed by atoms with van der Waals surface area (Å²) in [5.41, 5.74) is 1.34. The van der Waals surface area contributed by atoms with Gasteiger partial charge in [0.05, 0.1) is 0 Å². The van der Waals surface area contributed by atoms with E-state index in [1.54, 1.807) is 0 Å². The molecule has 1 fully saturated rings. The van der Waals surface area contributed by atoms with Gasteiger partial charge in [-0.15, -0.1) is 0 Å². The van der Waals surface area contributed by atoms with Crippen LogP contribution in [0.3, 0.4) is 0 Å². The van der Waals surface area contributed by atoms with Crippen LogP contribution in [0.1, 0.15) is 45.1 Å². The first kappa shape index (κ1) is 13.0. The van der Waals surface area contributed by atoms with E-state index in [4.69, 9.17) is 11.6 Å². The summed E-state index contributed by atoms with van der Waals surface area (Å²) in [6, 6.07) is 8.31. The lowest BCUT2D eigenvalue weighted by molar-refractivity contribution is 0.214. The van der Waals surface area contributed by atoms with Crippen molar-refractivity contribution in [2.24, 2.45) is 17.8 Å². The fourth-order valence-electron chi connectivity index (χ4n) is 3.10. The second-order valence-electron chi connectivity index (χ2n) is 5.83. The van der Waals surface area contributed by atoms with Crippen molar-refractivity contribution in [2.45, 2.75) is 46.0 Å². The lowest BCUT2D eigenvalue weighted by Gasteiger charge is -2.31. The minimum absolute atomic E-state index is 0.837. The molecule has 0 amide bonds. The molecule has 94 valence electrons. The van der Waals surface area contributed by atoms with Crippen molar-refractivity contribution in [3.8, 4) is 0 Å². The molecule has 2 atom stereocenters. The van der Waals surface area contributed by atoms with Crippen molar-refractivity contribution in [3.05, 3.63) is 34.9 Å². The van der Waals surface area contributed by atoms with Gasteiger partial charge in [0.2, 0.25) is 0 Å². The number of rotatable bonds is 3. The topological polar surface area (TPSA) is 0 Å². The fraction of sp³-hybridized carbons (Fsp3) is 0.625. The summed E-state index contributed by atoms with van der Waals surface area (Å²) in [6.07, 6.45) is 6.77. The summed E-state index contributed by atoms with van der Waals surface area (Å²) in [6.45, 7) is 4.73. The van der Waals surface area contributed by atoms with Crippen molar-refractivity contribution in [1.29, 1.82) is 0 Å². The largest absolute Gasteiger partial charge is 0.0840 e. The highest BCUT2D eigenvalue weighted by molar-refractivity contribution is 6.31. The Kier molecular flexibility index (Phi) is 4.50. The third kappa shape index (κ3) is 3.48. The zero-order valence-electron chi connectivity index (χ0n) is 11.0. The van der Waals surface area contributed by atoms with Crippen LogP contribution in [0.15, 0.2) is 24.3 Å². The van der Waals surface area contributed by atoms with E-state index in [2.05, 4.69) is 26.0 Å².